The van der Waals surface area contributed by atoms with Crippen molar-refractivity contribution in [2.45, 2.75) is 44.7 Å². The van der Waals surface area contributed by atoms with E-state index in [-0.39, 0.29) is 5.54 Å². The number of nitrogens with zero attached hydrogens (tertiary/aromatic N) is 1. The molecular weight excluding hydrogens is 436 g/mol. The van der Waals surface area contributed by atoms with Crippen molar-refractivity contribution in [1.82, 2.24) is 9.88 Å². The summed E-state index contributed by atoms with van der Waals surface area (Å²) in [4.78, 5) is 17.4. The molecule has 3 aromatic carbocycles. The summed E-state index contributed by atoms with van der Waals surface area (Å²) in [7, 11) is 1.74. The van der Waals surface area contributed by atoms with Crippen LogP contribution in [0.4, 0.5) is 0 Å². The van der Waals surface area contributed by atoms with Gasteiger partial charge in [-0.3, -0.25) is 4.90 Å². The third-order valence-corrected chi connectivity index (χ3v) is 7.79. The maximum atomic E-state index is 11.5. The zero-order valence-corrected chi connectivity index (χ0v) is 20.5. The van der Waals surface area contributed by atoms with E-state index in [1.54, 1.807) is 19.2 Å². The van der Waals surface area contributed by atoms with Crippen LogP contribution in [0.3, 0.4) is 0 Å². The van der Waals surface area contributed by atoms with E-state index >= 15 is 0 Å². The smallest absolute Gasteiger partial charge is 0.335 e. The van der Waals surface area contributed by atoms with Gasteiger partial charge in [0.1, 0.15) is 5.75 Å². The minimum Gasteiger partial charge on any atom is -0.496 e. The fraction of sp³-hybridized carbons (Fsp3) is 0.300. The number of aromatic nitrogens is 1. The summed E-state index contributed by atoms with van der Waals surface area (Å²) in [6.07, 6.45) is 4.01. The van der Waals surface area contributed by atoms with Crippen molar-refractivity contribution in [3.63, 3.8) is 0 Å². The van der Waals surface area contributed by atoms with Crippen molar-refractivity contribution in [3.05, 3.63) is 101 Å². The Morgan fingerprint density at radius 2 is 1.89 bits per heavy atom. The van der Waals surface area contributed by atoms with Gasteiger partial charge in [0.05, 0.1) is 12.7 Å². The second kappa shape index (κ2) is 9.23. The molecule has 0 bridgehead atoms. The molecule has 0 spiro atoms. The molecule has 0 aliphatic carbocycles. The Morgan fingerprint density at radius 3 is 2.57 bits per heavy atom. The van der Waals surface area contributed by atoms with Gasteiger partial charge in [-0.05, 0) is 80.1 Å². The van der Waals surface area contributed by atoms with Gasteiger partial charge in [0.25, 0.3) is 0 Å². The fourth-order valence-corrected chi connectivity index (χ4v) is 5.78. The van der Waals surface area contributed by atoms with Crippen molar-refractivity contribution < 1.29 is 14.6 Å². The number of rotatable bonds is 6. The lowest BCUT2D eigenvalue weighted by Gasteiger charge is -2.48. The normalized spacial score (nSPS) is 20.7. The number of aromatic amines is 1. The topological polar surface area (TPSA) is 65.6 Å². The van der Waals surface area contributed by atoms with Crippen LogP contribution in [-0.4, -0.2) is 34.6 Å². The van der Waals surface area contributed by atoms with E-state index in [4.69, 9.17) is 4.74 Å². The van der Waals surface area contributed by atoms with Gasteiger partial charge in [0, 0.05) is 34.7 Å². The van der Waals surface area contributed by atoms with Crippen LogP contribution in [-0.2, 0) is 12.1 Å². The number of likely N-dealkylation sites (tertiary alicyclic amines) is 1. The zero-order chi connectivity index (χ0) is 24.6. The van der Waals surface area contributed by atoms with Crippen LogP contribution >= 0.6 is 0 Å². The molecule has 1 aliphatic rings. The summed E-state index contributed by atoms with van der Waals surface area (Å²) in [6.45, 7) is 6.08. The number of carboxylic acid groups (broad SMARTS) is 1. The number of ether oxygens (including phenoxy) is 1. The number of nitrogens with one attached hydrogen (secondary N) is 1. The molecule has 1 saturated heterocycles. The third kappa shape index (κ3) is 4.21. The van der Waals surface area contributed by atoms with Crippen LogP contribution in [0.2, 0.25) is 0 Å². The first-order valence-corrected chi connectivity index (χ1v) is 12.2. The summed E-state index contributed by atoms with van der Waals surface area (Å²) in [5, 5.41) is 10.6. The first-order chi connectivity index (χ1) is 16.9. The van der Waals surface area contributed by atoms with E-state index in [2.05, 4.69) is 66.2 Å². The summed E-state index contributed by atoms with van der Waals surface area (Å²) in [5.74, 6) is 0.441. The van der Waals surface area contributed by atoms with Crippen LogP contribution in [0, 0.1) is 6.92 Å². The summed E-state index contributed by atoms with van der Waals surface area (Å²) in [6, 6.07) is 22.4. The van der Waals surface area contributed by atoms with Gasteiger partial charge in [-0.25, -0.2) is 4.79 Å². The lowest BCUT2D eigenvalue weighted by atomic mass is 9.74. The van der Waals surface area contributed by atoms with Gasteiger partial charge in [-0.2, -0.15) is 0 Å². The summed E-state index contributed by atoms with van der Waals surface area (Å²) >= 11 is 0. The van der Waals surface area contributed by atoms with Gasteiger partial charge in [-0.1, -0.05) is 42.5 Å². The maximum Gasteiger partial charge on any atom is 0.335 e. The van der Waals surface area contributed by atoms with Gasteiger partial charge < -0.3 is 14.8 Å². The molecule has 5 rings (SSSR count). The number of hydrogen-bond acceptors (Lipinski definition) is 3. The highest BCUT2D eigenvalue weighted by atomic mass is 16.5. The third-order valence-electron chi connectivity index (χ3n) is 7.79. The minimum atomic E-state index is -0.899. The molecule has 2 N–H and O–H groups in total. The van der Waals surface area contributed by atoms with Gasteiger partial charge in [0.15, 0.2) is 0 Å². The SMILES string of the molecule is COc1cc(C)c2[nH]ccc2c1CN1CC[C@H](c2ccccc2)C[C@]1(C)c1ccc(C(=O)O)cc1. The molecule has 180 valence electrons. The number of aromatic carboxylic acids is 1. The van der Waals surface area contributed by atoms with E-state index < -0.39 is 5.97 Å². The zero-order valence-electron chi connectivity index (χ0n) is 20.5. The minimum absolute atomic E-state index is 0.270. The average molecular weight is 469 g/mol. The first-order valence-electron chi connectivity index (χ1n) is 12.2. The van der Waals surface area contributed by atoms with Crippen molar-refractivity contribution in [2.75, 3.05) is 13.7 Å². The first kappa shape index (κ1) is 23.2. The van der Waals surface area contributed by atoms with Crippen LogP contribution in [0.25, 0.3) is 10.9 Å². The molecular formula is C30H32N2O3. The molecule has 0 saturated carbocycles. The molecule has 1 aromatic heterocycles. The highest BCUT2D eigenvalue weighted by molar-refractivity contribution is 5.88. The number of hydrogen-bond donors (Lipinski definition) is 2. The Hall–Kier alpha value is -3.57. The Kier molecular flexibility index (Phi) is 6.12. The Bertz CT molecular complexity index is 1340. The number of aryl methyl sites for hydroxylation is 1. The Balaban J connectivity index is 1.57. The quantitative estimate of drug-likeness (QED) is 0.340. The van der Waals surface area contributed by atoms with Crippen LogP contribution in [0.15, 0.2) is 72.9 Å². The van der Waals surface area contributed by atoms with Crippen LogP contribution in [0.5, 0.6) is 5.75 Å². The Morgan fingerprint density at radius 1 is 1.14 bits per heavy atom. The molecule has 2 heterocycles. The molecule has 0 amide bonds. The second-order valence-corrected chi connectivity index (χ2v) is 9.82. The number of benzene rings is 3. The van der Waals surface area contributed by atoms with Crippen molar-refractivity contribution >= 4 is 16.9 Å². The van der Waals surface area contributed by atoms with Crippen LogP contribution in [0.1, 0.15) is 58.3 Å². The number of carboxylic acids is 1. The highest BCUT2D eigenvalue weighted by Gasteiger charge is 2.41. The number of methoxy groups -OCH3 is 1. The Labute approximate surface area is 206 Å². The molecule has 5 nitrogen and oxygen atoms in total. The van der Waals surface area contributed by atoms with Crippen molar-refractivity contribution in [3.8, 4) is 5.75 Å². The fourth-order valence-electron chi connectivity index (χ4n) is 5.78. The summed E-state index contributed by atoms with van der Waals surface area (Å²) in [5.41, 5.74) is 6.04. The molecule has 1 aliphatic heterocycles. The number of piperidine rings is 1. The lowest BCUT2D eigenvalue weighted by Crippen LogP contribution is -2.48. The second-order valence-electron chi connectivity index (χ2n) is 9.82. The summed E-state index contributed by atoms with van der Waals surface area (Å²) < 4.78 is 5.85. The van der Waals surface area contributed by atoms with Gasteiger partial charge in [0.2, 0.25) is 0 Å². The highest BCUT2D eigenvalue weighted by Crippen LogP contribution is 2.46. The average Bonchev–Trinajstić information content (AvgIpc) is 3.38. The van der Waals surface area contributed by atoms with E-state index in [9.17, 15) is 9.90 Å². The van der Waals surface area contributed by atoms with E-state index in [1.807, 2.05) is 18.3 Å². The van der Waals surface area contributed by atoms with Crippen molar-refractivity contribution in [1.29, 1.82) is 0 Å². The number of carbonyl (C=O) groups is 1. The number of H-pyrrole nitrogens is 1. The lowest BCUT2D eigenvalue weighted by molar-refractivity contribution is 0.0398. The molecule has 0 unspecified atom stereocenters. The van der Waals surface area contributed by atoms with Gasteiger partial charge >= 0.3 is 5.97 Å². The molecule has 0 radical (unpaired) electrons. The number of fused-ring (bicyclic) bond motifs is 1. The molecule has 2 atom stereocenters. The van der Waals surface area contributed by atoms with E-state index in [0.717, 1.165) is 42.8 Å². The molecule has 35 heavy (non-hydrogen) atoms. The molecule has 4 aromatic rings. The van der Waals surface area contributed by atoms with E-state index in [1.165, 1.54) is 22.1 Å². The maximum absolute atomic E-state index is 11.5. The molecule has 1 fully saturated rings. The van der Waals surface area contributed by atoms with Crippen molar-refractivity contribution in [2.24, 2.45) is 0 Å². The monoisotopic (exact) mass is 468 g/mol. The van der Waals surface area contributed by atoms with E-state index in [0.29, 0.717) is 11.5 Å². The predicted molar refractivity (Wildman–Crippen MR) is 139 cm³/mol. The standard InChI is InChI=1S/C30H32N2O3/c1-20-17-27(35-3)26(25-13-15-31-28(20)25)19-32-16-14-23(21-7-5-4-6-8-21)18-30(32,2)24-11-9-22(10-12-24)29(33)34/h4-13,15,17,23,31H,14,16,18-19H2,1-3H3,(H,33,34)/t23-,30+/m0/s1. The van der Waals surface area contributed by atoms with Gasteiger partial charge in [-0.15, -0.1) is 0 Å². The van der Waals surface area contributed by atoms with Crippen LogP contribution < -0.4 is 4.74 Å². The largest absolute Gasteiger partial charge is 0.496 e. The predicted octanol–water partition coefficient (Wildman–Crippen LogP) is 6.48. The molecule has 5 heteroatoms.